The fraction of sp³-hybridized carbons (Fsp3) is 0.667. The van der Waals surface area contributed by atoms with E-state index in [9.17, 15) is 9.18 Å². The van der Waals surface area contributed by atoms with Crippen LogP contribution in [-0.2, 0) is 11.2 Å². The Morgan fingerprint density at radius 2 is 2.00 bits per heavy atom. The third kappa shape index (κ3) is 5.04. The number of piperidine rings is 1. The number of hydrogen-bond donors (Lipinski definition) is 0. The molecule has 1 aromatic carbocycles. The highest BCUT2D eigenvalue weighted by Crippen LogP contribution is 2.29. The molecule has 0 aromatic heterocycles. The quantitative estimate of drug-likeness (QED) is 0.770. The molecule has 0 aliphatic carbocycles. The van der Waals surface area contributed by atoms with E-state index in [0.717, 1.165) is 57.5 Å². The molecule has 2 aliphatic rings. The summed E-state index contributed by atoms with van der Waals surface area (Å²) >= 11 is 0. The molecule has 1 unspecified atom stereocenters. The highest BCUT2D eigenvalue weighted by molar-refractivity contribution is 5.94. The molecule has 0 bridgehead atoms. The molecule has 0 saturated carbocycles. The van der Waals surface area contributed by atoms with Gasteiger partial charge in [0, 0.05) is 31.7 Å². The molecule has 2 fully saturated rings. The SMILES string of the molecule is CC(C)(F)CC1CCN(CCc2ccccc2N2CCCCC2=O)C1. The molecule has 138 valence electrons. The van der Waals surface area contributed by atoms with Crippen LogP contribution in [0.25, 0.3) is 0 Å². The lowest BCUT2D eigenvalue weighted by Crippen LogP contribution is -2.36. The van der Waals surface area contributed by atoms with Crippen molar-refractivity contribution in [2.75, 3.05) is 31.1 Å². The van der Waals surface area contributed by atoms with Crippen molar-refractivity contribution in [3.8, 4) is 0 Å². The lowest BCUT2D eigenvalue weighted by atomic mass is 9.94. The van der Waals surface area contributed by atoms with Gasteiger partial charge in [0.05, 0.1) is 0 Å². The van der Waals surface area contributed by atoms with Crippen molar-refractivity contribution >= 4 is 11.6 Å². The van der Waals surface area contributed by atoms with Crippen molar-refractivity contribution in [1.29, 1.82) is 0 Å². The Morgan fingerprint density at radius 1 is 1.20 bits per heavy atom. The Labute approximate surface area is 151 Å². The van der Waals surface area contributed by atoms with Gasteiger partial charge in [-0.15, -0.1) is 0 Å². The minimum Gasteiger partial charge on any atom is -0.312 e. The van der Waals surface area contributed by atoms with Gasteiger partial charge in [-0.05, 0) is 70.0 Å². The maximum atomic E-state index is 13.9. The van der Waals surface area contributed by atoms with E-state index in [1.807, 2.05) is 11.0 Å². The molecule has 2 aliphatic heterocycles. The molecule has 2 heterocycles. The molecule has 3 rings (SSSR count). The minimum atomic E-state index is -1.07. The van der Waals surface area contributed by atoms with Crippen LogP contribution in [-0.4, -0.2) is 42.7 Å². The number of alkyl halides is 1. The van der Waals surface area contributed by atoms with Crippen LogP contribution in [0.3, 0.4) is 0 Å². The molecule has 1 atom stereocenters. The normalized spacial score (nSPS) is 22.6. The third-order valence-corrected chi connectivity index (χ3v) is 5.45. The van der Waals surface area contributed by atoms with Gasteiger partial charge in [0.1, 0.15) is 5.67 Å². The van der Waals surface area contributed by atoms with Crippen molar-refractivity contribution in [2.45, 2.75) is 58.0 Å². The van der Waals surface area contributed by atoms with Gasteiger partial charge in [-0.25, -0.2) is 4.39 Å². The second-order valence-electron chi connectivity index (χ2n) is 8.26. The summed E-state index contributed by atoms with van der Waals surface area (Å²) in [6, 6.07) is 8.31. The van der Waals surface area contributed by atoms with Crippen LogP contribution in [0.1, 0.15) is 51.5 Å². The second kappa shape index (κ2) is 7.86. The van der Waals surface area contributed by atoms with Crippen molar-refractivity contribution < 1.29 is 9.18 Å². The number of para-hydroxylation sites is 1. The molecular weight excluding hydrogens is 315 g/mol. The molecule has 25 heavy (non-hydrogen) atoms. The van der Waals surface area contributed by atoms with Crippen LogP contribution < -0.4 is 4.90 Å². The van der Waals surface area contributed by atoms with Gasteiger partial charge in [-0.3, -0.25) is 4.79 Å². The standard InChI is InChI=1S/C21H31FN2O/c1-21(2,22)15-17-10-13-23(16-17)14-11-18-7-3-4-8-19(18)24-12-6-5-9-20(24)25/h3-4,7-8,17H,5-6,9-16H2,1-2H3. The zero-order valence-electron chi connectivity index (χ0n) is 15.6. The van der Waals surface area contributed by atoms with E-state index in [0.29, 0.717) is 18.8 Å². The summed E-state index contributed by atoms with van der Waals surface area (Å²) in [5, 5.41) is 0. The first-order valence-corrected chi connectivity index (χ1v) is 9.72. The maximum absolute atomic E-state index is 13.9. The first-order chi connectivity index (χ1) is 11.9. The summed E-state index contributed by atoms with van der Waals surface area (Å²) in [6.45, 7) is 7.25. The molecular formula is C21H31FN2O. The topological polar surface area (TPSA) is 23.6 Å². The third-order valence-electron chi connectivity index (χ3n) is 5.45. The maximum Gasteiger partial charge on any atom is 0.226 e. The van der Waals surface area contributed by atoms with Crippen LogP contribution >= 0.6 is 0 Å². The van der Waals surface area contributed by atoms with E-state index in [1.165, 1.54) is 5.56 Å². The smallest absolute Gasteiger partial charge is 0.226 e. The Morgan fingerprint density at radius 3 is 2.76 bits per heavy atom. The van der Waals surface area contributed by atoms with Gasteiger partial charge in [0.2, 0.25) is 5.91 Å². The summed E-state index contributed by atoms with van der Waals surface area (Å²) in [6.07, 6.45) is 5.47. The van der Waals surface area contributed by atoms with Gasteiger partial charge < -0.3 is 9.80 Å². The molecule has 0 N–H and O–H groups in total. The average Bonchev–Trinajstić information content (AvgIpc) is 2.99. The monoisotopic (exact) mass is 346 g/mol. The number of benzene rings is 1. The number of halogens is 1. The number of likely N-dealkylation sites (tertiary alicyclic amines) is 1. The highest BCUT2D eigenvalue weighted by atomic mass is 19.1. The van der Waals surface area contributed by atoms with Gasteiger partial charge in [0.15, 0.2) is 0 Å². The Balaban J connectivity index is 1.58. The first-order valence-electron chi connectivity index (χ1n) is 9.72. The van der Waals surface area contributed by atoms with E-state index >= 15 is 0 Å². The van der Waals surface area contributed by atoms with E-state index in [1.54, 1.807) is 13.8 Å². The summed E-state index contributed by atoms with van der Waals surface area (Å²) in [7, 11) is 0. The largest absolute Gasteiger partial charge is 0.312 e. The van der Waals surface area contributed by atoms with Gasteiger partial charge in [-0.2, -0.15) is 0 Å². The van der Waals surface area contributed by atoms with Crippen molar-refractivity contribution in [1.82, 2.24) is 4.90 Å². The molecule has 4 heteroatoms. The predicted molar refractivity (Wildman–Crippen MR) is 101 cm³/mol. The number of rotatable bonds is 6. The zero-order valence-corrected chi connectivity index (χ0v) is 15.6. The molecule has 0 radical (unpaired) electrons. The highest BCUT2D eigenvalue weighted by Gasteiger charge is 2.29. The Bertz CT molecular complexity index is 596. The number of hydrogen-bond acceptors (Lipinski definition) is 2. The summed E-state index contributed by atoms with van der Waals surface area (Å²) in [4.78, 5) is 16.7. The lowest BCUT2D eigenvalue weighted by molar-refractivity contribution is -0.119. The summed E-state index contributed by atoms with van der Waals surface area (Å²) in [5.74, 6) is 0.726. The molecule has 2 saturated heterocycles. The van der Waals surface area contributed by atoms with Crippen LogP contribution in [0.4, 0.5) is 10.1 Å². The van der Waals surface area contributed by atoms with Crippen molar-refractivity contribution in [2.24, 2.45) is 5.92 Å². The van der Waals surface area contributed by atoms with Crippen LogP contribution in [0.15, 0.2) is 24.3 Å². The van der Waals surface area contributed by atoms with Gasteiger partial charge >= 0.3 is 0 Å². The van der Waals surface area contributed by atoms with Crippen LogP contribution in [0.2, 0.25) is 0 Å². The number of carbonyl (C=O) groups excluding carboxylic acids is 1. The van der Waals surface area contributed by atoms with Gasteiger partial charge in [0.25, 0.3) is 0 Å². The fourth-order valence-electron chi connectivity index (χ4n) is 4.29. The number of amides is 1. The molecule has 1 aromatic rings. The number of anilines is 1. The summed E-state index contributed by atoms with van der Waals surface area (Å²) < 4.78 is 13.9. The number of carbonyl (C=O) groups is 1. The van der Waals surface area contributed by atoms with E-state index < -0.39 is 5.67 Å². The zero-order chi connectivity index (χ0) is 17.9. The summed E-state index contributed by atoms with van der Waals surface area (Å²) in [5.41, 5.74) is 1.28. The minimum absolute atomic E-state index is 0.255. The van der Waals surface area contributed by atoms with E-state index in [4.69, 9.17) is 0 Å². The average molecular weight is 346 g/mol. The fourth-order valence-corrected chi connectivity index (χ4v) is 4.29. The molecule has 1 amide bonds. The first kappa shape index (κ1) is 18.4. The molecule has 0 spiro atoms. The van der Waals surface area contributed by atoms with E-state index in [-0.39, 0.29) is 5.91 Å². The Kier molecular flexibility index (Phi) is 5.78. The van der Waals surface area contributed by atoms with Crippen molar-refractivity contribution in [3.63, 3.8) is 0 Å². The van der Waals surface area contributed by atoms with Crippen molar-refractivity contribution in [3.05, 3.63) is 29.8 Å². The number of nitrogens with zero attached hydrogens (tertiary/aromatic N) is 2. The van der Waals surface area contributed by atoms with E-state index in [2.05, 4.69) is 23.1 Å². The van der Waals surface area contributed by atoms with Crippen LogP contribution in [0.5, 0.6) is 0 Å². The predicted octanol–water partition coefficient (Wildman–Crippen LogP) is 4.21. The molecule has 3 nitrogen and oxygen atoms in total. The van der Waals surface area contributed by atoms with Gasteiger partial charge in [-0.1, -0.05) is 18.2 Å². The van der Waals surface area contributed by atoms with Crippen LogP contribution in [0, 0.1) is 5.92 Å². The Hall–Kier alpha value is -1.42. The lowest BCUT2D eigenvalue weighted by Gasteiger charge is -2.29. The second-order valence-corrected chi connectivity index (χ2v) is 8.26.